The Kier molecular flexibility index (Phi) is 8.29. The number of anilines is 1. The lowest BCUT2D eigenvalue weighted by atomic mass is 10.0. The van der Waals surface area contributed by atoms with Crippen LogP contribution in [0.15, 0.2) is 109 Å². The minimum Gasteiger partial charge on any atom is -0.452 e. The molecule has 0 radical (unpaired) electrons. The number of para-hydroxylation sites is 1. The van der Waals surface area contributed by atoms with E-state index in [2.05, 4.69) is 5.32 Å². The topological polar surface area (TPSA) is 90.3 Å². The smallest absolute Gasteiger partial charge is 0.331 e. The van der Waals surface area contributed by atoms with Crippen LogP contribution in [-0.2, 0) is 14.3 Å². The molecule has 0 fully saturated rings. The van der Waals surface area contributed by atoms with Crippen LogP contribution in [-0.4, -0.2) is 34.0 Å². The Morgan fingerprint density at radius 1 is 0.950 bits per heavy atom. The Morgan fingerprint density at radius 3 is 2.42 bits per heavy atom. The molecule has 40 heavy (non-hydrogen) atoms. The maximum absolute atomic E-state index is 13.0. The number of aromatic nitrogens is 2. The molecule has 9 heteroatoms. The van der Waals surface area contributed by atoms with Crippen molar-refractivity contribution >= 4 is 52.4 Å². The fourth-order valence-electron chi connectivity index (χ4n) is 3.91. The monoisotopic (exact) mass is 567 g/mol. The number of ketones is 1. The van der Waals surface area contributed by atoms with Crippen molar-refractivity contribution in [3.8, 4) is 16.3 Å². The number of nitrogens with one attached hydrogen (secondary N) is 1. The molecule has 0 aliphatic carbocycles. The van der Waals surface area contributed by atoms with Crippen molar-refractivity contribution < 1.29 is 19.1 Å². The number of hydrogen-bond donors (Lipinski definition) is 1. The summed E-state index contributed by atoms with van der Waals surface area (Å²) < 4.78 is 6.90. The summed E-state index contributed by atoms with van der Waals surface area (Å²) in [6.45, 7) is -0.536. The van der Waals surface area contributed by atoms with Crippen molar-refractivity contribution in [2.75, 3.05) is 11.9 Å². The van der Waals surface area contributed by atoms with Crippen molar-refractivity contribution in [2.45, 2.75) is 0 Å². The number of carbonyl (C=O) groups is 3. The van der Waals surface area contributed by atoms with Gasteiger partial charge < -0.3 is 10.1 Å². The average molecular weight is 568 g/mol. The van der Waals surface area contributed by atoms with Crippen LogP contribution in [0.3, 0.4) is 0 Å². The number of esters is 1. The van der Waals surface area contributed by atoms with Gasteiger partial charge in [-0.25, -0.2) is 9.48 Å². The first kappa shape index (κ1) is 26.8. The highest BCUT2D eigenvalue weighted by Crippen LogP contribution is 2.29. The molecule has 0 aliphatic rings. The van der Waals surface area contributed by atoms with Crippen LogP contribution in [0.4, 0.5) is 5.69 Å². The average Bonchev–Trinajstić information content (AvgIpc) is 3.67. The molecule has 0 saturated heterocycles. The summed E-state index contributed by atoms with van der Waals surface area (Å²) in [5.41, 5.74) is 3.27. The number of rotatable bonds is 9. The summed E-state index contributed by atoms with van der Waals surface area (Å²) in [4.78, 5) is 39.0. The molecule has 198 valence electrons. The summed E-state index contributed by atoms with van der Waals surface area (Å²) >= 11 is 7.65. The summed E-state index contributed by atoms with van der Waals surface area (Å²) in [6.07, 6.45) is 4.69. The van der Waals surface area contributed by atoms with E-state index in [9.17, 15) is 14.4 Å². The Hall–Kier alpha value is -4.79. The predicted octanol–water partition coefficient (Wildman–Crippen LogP) is 6.68. The third-order valence-electron chi connectivity index (χ3n) is 5.80. The predicted molar refractivity (Wildman–Crippen MR) is 157 cm³/mol. The second kappa shape index (κ2) is 12.4. The van der Waals surface area contributed by atoms with E-state index in [1.807, 2.05) is 54.0 Å². The number of carbonyl (C=O) groups excluding carboxylic acids is 3. The van der Waals surface area contributed by atoms with Crippen molar-refractivity contribution in [1.29, 1.82) is 0 Å². The molecule has 2 heterocycles. The van der Waals surface area contributed by atoms with Gasteiger partial charge in [-0.2, -0.15) is 5.10 Å². The van der Waals surface area contributed by atoms with Gasteiger partial charge >= 0.3 is 5.97 Å². The number of nitrogens with zero attached hydrogens (tertiary/aromatic N) is 2. The minimum absolute atomic E-state index is 0.231. The number of hydrogen-bond acceptors (Lipinski definition) is 6. The maximum Gasteiger partial charge on any atom is 0.331 e. The molecule has 0 unspecified atom stereocenters. The second-order valence-corrected chi connectivity index (χ2v) is 9.95. The minimum atomic E-state index is -0.698. The van der Waals surface area contributed by atoms with Gasteiger partial charge in [-0.1, -0.05) is 66.2 Å². The first-order chi connectivity index (χ1) is 19.5. The molecule has 2 aromatic heterocycles. The molecule has 0 saturated carbocycles. The van der Waals surface area contributed by atoms with Crippen LogP contribution in [0.1, 0.15) is 21.5 Å². The van der Waals surface area contributed by atoms with Crippen molar-refractivity contribution in [2.24, 2.45) is 0 Å². The largest absolute Gasteiger partial charge is 0.452 e. The lowest BCUT2D eigenvalue weighted by Crippen LogP contribution is -2.21. The van der Waals surface area contributed by atoms with Gasteiger partial charge in [0.2, 0.25) is 0 Å². The number of benzene rings is 3. The zero-order chi connectivity index (χ0) is 27.9. The molecule has 0 spiro atoms. The zero-order valence-corrected chi connectivity index (χ0v) is 22.6. The van der Waals surface area contributed by atoms with Crippen LogP contribution in [0, 0.1) is 0 Å². The molecule has 0 bridgehead atoms. The molecular weight excluding hydrogens is 546 g/mol. The molecule has 7 nitrogen and oxygen atoms in total. The normalized spacial score (nSPS) is 10.9. The maximum atomic E-state index is 13.0. The third kappa shape index (κ3) is 6.43. The second-order valence-electron chi connectivity index (χ2n) is 8.56. The van der Waals surface area contributed by atoms with Crippen LogP contribution in [0.25, 0.3) is 22.3 Å². The fourth-order valence-corrected chi connectivity index (χ4v) is 4.82. The molecule has 0 atom stereocenters. The van der Waals surface area contributed by atoms with Gasteiger partial charge in [0.05, 0.1) is 16.3 Å². The summed E-state index contributed by atoms with van der Waals surface area (Å²) in [5, 5.41) is 9.64. The van der Waals surface area contributed by atoms with E-state index in [1.165, 1.54) is 29.5 Å². The highest BCUT2D eigenvalue weighted by molar-refractivity contribution is 7.13. The highest BCUT2D eigenvalue weighted by Gasteiger charge is 2.17. The van der Waals surface area contributed by atoms with E-state index in [0.717, 1.165) is 21.8 Å². The van der Waals surface area contributed by atoms with Crippen LogP contribution >= 0.6 is 22.9 Å². The first-order valence-electron chi connectivity index (χ1n) is 12.2. The number of amides is 1. The molecule has 3 aromatic carbocycles. The summed E-state index contributed by atoms with van der Waals surface area (Å²) in [6, 6.07) is 26.8. The lowest BCUT2D eigenvalue weighted by molar-refractivity contribution is -0.142. The highest BCUT2D eigenvalue weighted by atomic mass is 35.5. The van der Waals surface area contributed by atoms with Crippen molar-refractivity contribution in [1.82, 2.24) is 9.78 Å². The third-order valence-corrected chi connectivity index (χ3v) is 6.91. The Labute approximate surface area is 239 Å². The summed E-state index contributed by atoms with van der Waals surface area (Å²) in [5.74, 6) is -1.59. The first-order valence-corrected chi connectivity index (χ1v) is 13.5. The van der Waals surface area contributed by atoms with Gasteiger partial charge in [0, 0.05) is 34.0 Å². The SMILES string of the molecule is O=C(COC(=O)C=Cc1cn(-c2ccccc2)nc1-c1cccs1)Nc1ccc(Cl)cc1C(=O)c1ccccc1. The fraction of sp³-hybridized carbons (Fsp3) is 0.0323. The number of ether oxygens (including phenoxy) is 1. The lowest BCUT2D eigenvalue weighted by Gasteiger charge is -2.11. The Balaban J connectivity index is 1.25. The Bertz CT molecular complexity index is 1680. The van der Waals surface area contributed by atoms with Gasteiger partial charge in [0.25, 0.3) is 5.91 Å². The number of thiophene rings is 1. The van der Waals surface area contributed by atoms with E-state index in [1.54, 1.807) is 47.2 Å². The van der Waals surface area contributed by atoms with Crippen LogP contribution < -0.4 is 5.32 Å². The van der Waals surface area contributed by atoms with E-state index in [4.69, 9.17) is 21.4 Å². The summed E-state index contributed by atoms with van der Waals surface area (Å²) in [7, 11) is 0. The molecule has 0 aliphatic heterocycles. The van der Waals surface area contributed by atoms with Gasteiger partial charge in [-0.05, 0) is 47.9 Å². The van der Waals surface area contributed by atoms with Crippen molar-refractivity contribution in [3.05, 3.63) is 130 Å². The van der Waals surface area contributed by atoms with E-state index >= 15 is 0 Å². The van der Waals surface area contributed by atoms with E-state index < -0.39 is 18.5 Å². The quantitative estimate of drug-likeness (QED) is 0.122. The zero-order valence-electron chi connectivity index (χ0n) is 21.0. The molecular formula is C31H22ClN3O4S. The van der Waals surface area contributed by atoms with Gasteiger partial charge in [-0.15, -0.1) is 11.3 Å². The van der Waals surface area contributed by atoms with Gasteiger partial charge in [0.15, 0.2) is 12.4 Å². The van der Waals surface area contributed by atoms with Crippen LogP contribution in [0.2, 0.25) is 5.02 Å². The van der Waals surface area contributed by atoms with Crippen LogP contribution in [0.5, 0.6) is 0 Å². The molecule has 5 rings (SSSR count). The van der Waals surface area contributed by atoms with E-state index in [-0.39, 0.29) is 17.0 Å². The van der Waals surface area contributed by atoms with Gasteiger partial charge in [-0.3, -0.25) is 9.59 Å². The number of halogens is 1. The molecule has 5 aromatic rings. The van der Waals surface area contributed by atoms with Gasteiger partial charge in [0.1, 0.15) is 5.69 Å². The van der Waals surface area contributed by atoms with Crippen molar-refractivity contribution in [3.63, 3.8) is 0 Å². The van der Waals surface area contributed by atoms with E-state index in [0.29, 0.717) is 10.6 Å². The Morgan fingerprint density at radius 2 is 1.70 bits per heavy atom. The molecule has 1 amide bonds. The molecule has 1 N–H and O–H groups in total. The standard InChI is InChI=1S/C31H22ClN3O4S/c32-23-14-15-26(25(18-23)31(38)21-8-3-1-4-9-21)33-28(36)20-39-29(37)16-13-22-19-35(24-10-5-2-6-11-24)34-30(22)27-12-7-17-40-27/h1-19H,20H2,(H,33,36).